The summed E-state index contributed by atoms with van der Waals surface area (Å²) in [6.07, 6.45) is 0.998. The van der Waals surface area contributed by atoms with E-state index < -0.39 is 12.6 Å². The van der Waals surface area contributed by atoms with Crippen molar-refractivity contribution in [2.75, 3.05) is 7.05 Å². The maximum atomic E-state index is 12.2. The van der Waals surface area contributed by atoms with Crippen LogP contribution in [-0.4, -0.2) is 19.3 Å². The van der Waals surface area contributed by atoms with E-state index in [1.54, 1.807) is 0 Å². The van der Waals surface area contributed by atoms with Gasteiger partial charge in [0, 0.05) is 12.5 Å². The van der Waals surface area contributed by atoms with Gasteiger partial charge in [-0.15, -0.1) is 0 Å². The zero-order valence-corrected chi connectivity index (χ0v) is 11.7. The molecule has 4 heteroatoms. The molecule has 18 heavy (non-hydrogen) atoms. The topological polar surface area (TPSA) is 12.0 Å². The van der Waals surface area contributed by atoms with E-state index in [0.29, 0.717) is 12.3 Å². The molecule has 2 unspecified atom stereocenters. The summed E-state index contributed by atoms with van der Waals surface area (Å²) in [6.45, 7) is 4.51. The third kappa shape index (κ3) is 4.79. The smallest absolute Gasteiger partial charge is 0.317 e. The minimum Gasteiger partial charge on any atom is -0.317 e. The molecule has 1 N–H and O–H groups in total. The third-order valence-electron chi connectivity index (χ3n) is 4.42. The summed E-state index contributed by atoms with van der Waals surface area (Å²) < 4.78 is 36.6. The number of hydrogen-bond donors (Lipinski definition) is 1. The van der Waals surface area contributed by atoms with Crippen LogP contribution in [-0.2, 0) is 0 Å². The Morgan fingerprint density at radius 1 is 1.28 bits per heavy atom. The number of halogens is 3. The van der Waals surface area contributed by atoms with E-state index in [1.807, 2.05) is 7.05 Å². The molecular formula is C14H26F3N. The standard InChI is InChI=1S/C14H26F3N/c1-13(2)9-5-4-7-11(13)12(18-3)8-6-10-14(15,16)17/h11-12,18H,4-10H2,1-3H3. The summed E-state index contributed by atoms with van der Waals surface area (Å²) >= 11 is 0. The quantitative estimate of drug-likeness (QED) is 0.770. The van der Waals surface area contributed by atoms with Gasteiger partial charge in [0.1, 0.15) is 0 Å². The maximum absolute atomic E-state index is 12.2. The van der Waals surface area contributed by atoms with Crippen LogP contribution in [0.3, 0.4) is 0 Å². The van der Waals surface area contributed by atoms with E-state index >= 15 is 0 Å². The number of alkyl halides is 3. The van der Waals surface area contributed by atoms with Crippen LogP contribution in [0.25, 0.3) is 0 Å². The van der Waals surface area contributed by atoms with E-state index in [0.717, 1.165) is 6.42 Å². The molecule has 108 valence electrons. The molecule has 0 aromatic carbocycles. The number of hydrogen-bond acceptors (Lipinski definition) is 1. The highest BCUT2D eigenvalue weighted by Crippen LogP contribution is 2.43. The second-order valence-corrected chi connectivity index (χ2v) is 6.24. The van der Waals surface area contributed by atoms with Gasteiger partial charge < -0.3 is 5.32 Å². The summed E-state index contributed by atoms with van der Waals surface area (Å²) in [5, 5.41) is 3.25. The van der Waals surface area contributed by atoms with Gasteiger partial charge in [-0.05, 0) is 44.1 Å². The van der Waals surface area contributed by atoms with E-state index in [-0.39, 0.29) is 17.9 Å². The van der Waals surface area contributed by atoms with Crippen LogP contribution in [0.4, 0.5) is 13.2 Å². The van der Waals surface area contributed by atoms with Gasteiger partial charge in [0.05, 0.1) is 0 Å². The van der Waals surface area contributed by atoms with E-state index in [1.165, 1.54) is 19.3 Å². The van der Waals surface area contributed by atoms with Crippen LogP contribution in [0.1, 0.15) is 58.8 Å². The first-order valence-electron chi connectivity index (χ1n) is 7.00. The minimum atomic E-state index is -4.01. The Kier molecular flexibility index (Phi) is 5.50. The molecule has 0 aromatic heterocycles. The van der Waals surface area contributed by atoms with Crippen molar-refractivity contribution in [1.29, 1.82) is 0 Å². The fourth-order valence-electron chi connectivity index (χ4n) is 3.34. The molecule has 0 radical (unpaired) electrons. The Labute approximate surface area is 109 Å². The molecule has 1 aliphatic carbocycles. The summed E-state index contributed by atoms with van der Waals surface area (Å²) in [5.41, 5.74) is 0.254. The summed E-state index contributed by atoms with van der Waals surface area (Å²) in [5.74, 6) is 0.504. The molecule has 0 aliphatic heterocycles. The predicted octanol–water partition coefficient (Wildman–Crippen LogP) is 4.52. The second kappa shape index (κ2) is 6.27. The number of nitrogens with one attached hydrogen (secondary N) is 1. The number of rotatable bonds is 5. The van der Waals surface area contributed by atoms with Gasteiger partial charge in [0.25, 0.3) is 0 Å². The van der Waals surface area contributed by atoms with Crippen LogP contribution < -0.4 is 5.32 Å². The van der Waals surface area contributed by atoms with E-state index in [4.69, 9.17) is 0 Å². The fourth-order valence-corrected chi connectivity index (χ4v) is 3.34. The highest BCUT2D eigenvalue weighted by Gasteiger charge is 2.37. The van der Waals surface area contributed by atoms with Crippen molar-refractivity contribution in [1.82, 2.24) is 5.32 Å². The Bertz CT molecular complexity index is 248. The SMILES string of the molecule is CNC(CCCC(F)(F)F)C1CCCCC1(C)C. The summed E-state index contributed by atoms with van der Waals surface area (Å²) in [6, 6.07) is 0.225. The molecule has 0 aromatic rings. The van der Waals surface area contributed by atoms with Crippen molar-refractivity contribution in [3.05, 3.63) is 0 Å². The summed E-state index contributed by atoms with van der Waals surface area (Å²) in [7, 11) is 1.88. The second-order valence-electron chi connectivity index (χ2n) is 6.24. The lowest BCUT2D eigenvalue weighted by molar-refractivity contribution is -0.136. The summed E-state index contributed by atoms with van der Waals surface area (Å²) in [4.78, 5) is 0. The Morgan fingerprint density at radius 3 is 2.44 bits per heavy atom. The van der Waals surface area contributed by atoms with E-state index in [2.05, 4.69) is 19.2 Å². The minimum absolute atomic E-state index is 0.225. The first-order chi connectivity index (χ1) is 8.26. The van der Waals surface area contributed by atoms with Crippen molar-refractivity contribution in [3.63, 3.8) is 0 Å². The van der Waals surface area contributed by atoms with Gasteiger partial charge in [-0.2, -0.15) is 13.2 Å². The zero-order valence-electron chi connectivity index (χ0n) is 11.7. The van der Waals surface area contributed by atoms with Gasteiger partial charge in [0.2, 0.25) is 0 Å². The Hall–Kier alpha value is -0.250. The van der Waals surface area contributed by atoms with Crippen LogP contribution in [0.5, 0.6) is 0 Å². The average Bonchev–Trinajstić information content (AvgIpc) is 2.23. The largest absolute Gasteiger partial charge is 0.389 e. The van der Waals surface area contributed by atoms with Crippen LogP contribution in [0, 0.1) is 11.3 Å². The lowest BCUT2D eigenvalue weighted by atomic mass is 9.65. The molecule has 0 amide bonds. The molecule has 0 spiro atoms. The molecule has 2 atom stereocenters. The molecule has 1 saturated carbocycles. The zero-order chi connectivity index (χ0) is 13.8. The first-order valence-corrected chi connectivity index (χ1v) is 7.00. The van der Waals surface area contributed by atoms with E-state index in [9.17, 15) is 13.2 Å². The molecule has 0 saturated heterocycles. The van der Waals surface area contributed by atoms with Crippen molar-refractivity contribution in [3.8, 4) is 0 Å². The van der Waals surface area contributed by atoms with Gasteiger partial charge in [-0.1, -0.05) is 26.7 Å². The molecule has 0 bridgehead atoms. The third-order valence-corrected chi connectivity index (χ3v) is 4.42. The van der Waals surface area contributed by atoms with Crippen molar-refractivity contribution < 1.29 is 13.2 Å². The highest BCUT2D eigenvalue weighted by molar-refractivity contribution is 4.89. The highest BCUT2D eigenvalue weighted by atomic mass is 19.4. The predicted molar refractivity (Wildman–Crippen MR) is 68.5 cm³/mol. The molecule has 0 heterocycles. The van der Waals surface area contributed by atoms with Crippen LogP contribution in [0.2, 0.25) is 0 Å². The van der Waals surface area contributed by atoms with Gasteiger partial charge in [-0.25, -0.2) is 0 Å². The molecule has 1 rings (SSSR count). The van der Waals surface area contributed by atoms with Gasteiger partial charge >= 0.3 is 6.18 Å². The Morgan fingerprint density at radius 2 is 1.94 bits per heavy atom. The molecular weight excluding hydrogens is 239 g/mol. The Balaban J connectivity index is 2.49. The van der Waals surface area contributed by atoms with Gasteiger partial charge in [-0.3, -0.25) is 0 Å². The monoisotopic (exact) mass is 265 g/mol. The average molecular weight is 265 g/mol. The van der Waals surface area contributed by atoms with Crippen molar-refractivity contribution in [2.45, 2.75) is 71.0 Å². The van der Waals surface area contributed by atoms with Crippen molar-refractivity contribution in [2.24, 2.45) is 11.3 Å². The van der Waals surface area contributed by atoms with Crippen LogP contribution in [0.15, 0.2) is 0 Å². The molecule has 1 nitrogen and oxygen atoms in total. The lowest BCUT2D eigenvalue weighted by Gasteiger charge is -2.43. The maximum Gasteiger partial charge on any atom is 0.389 e. The molecule has 1 fully saturated rings. The van der Waals surface area contributed by atoms with Crippen molar-refractivity contribution >= 4 is 0 Å². The fraction of sp³-hybridized carbons (Fsp3) is 1.00. The van der Waals surface area contributed by atoms with Crippen LogP contribution >= 0.6 is 0 Å². The molecule has 1 aliphatic rings. The van der Waals surface area contributed by atoms with Gasteiger partial charge in [0.15, 0.2) is 0 Å². The normalized spacial score (nSPS) is 26.0. The first kappa shape index (κ1) is 15.8. The lowest BCUT2D eigenvalue weighted by Crippen LogP contribution is -2.43.